The second-order valence-corrected chi connectivity index (χ2v) is 7.39. The standard InChI is InChI=1S/C11H10Cl3NO4S/c12-6-4-8(14)10(5-7(6)13)20(18,19)15-3-1-2-9(15)11(16)17/h4-5,9H,1-3H2,(H,16,17)/t9-/m1/s1. The largest absolute Gasteiger partial charge is 0.480 e. The van der Waals surface area contributed by atoms with Gasteiger partial charge in [-0.2, -0.15) is 4.31 Å². The lowest BCUT2D eigenvalue weighted by atomic mass is 10.2. The molecule has 0 saturated carbocycles. The Labute approximate surface area is 131 Å². The van der Waals surface area contributed by atoms with Gasteiger partial charge in [0.15, 0.2) is 0 Å². The van der Waals surface area contributed by atoms with Gasteiger partial charge < -0.3 is 5.11 Å². The van der Waals surface area contributed by atoms with E-state index in [0.717, 1.165) is 10.4 Å². The molecule has 0 aromatic heterocycles. The summed E-state index contributed by atoms with van der Waals surface area (Å²) in [6.45, 7) is 0.135. The molecule has 0 unspecified atom stereocenters. The van der Waals surface area contributed by atoms with E-state index in [1.165, 1.54) is 6.07 Å². The number of benzene rings is 1. The first-order valence-electron chi connectivity index (χ1n) is 5.64. The van der Waals surface area contributed by atoms with Gasteiger partial charge in [-0.05, 0) is 25.0 Å². The van der Waals surface area contributed by atoms with Crippen LogP contribution in [-0.2, 0) is 14.8 Å². The SMILES string of the molecule is O=C(O)[C@H]1CCCN1S(=O)(=O)c1cc(Cl)c(Cl)cc1Cl. The van der Waals surface area contributed by atoms with Crippen molar-refractivity contribution < 1.29 is 18.3 Å². The van der Waals surface area contributed by atoms with Gasteiger partial charge in [0.05, 0.1) is 15.1 Å². The Hall–Kier alpha value is -0.530. The molecule has 20 heavy (non-hydrogen) atoms. The van der Waals surface area contributed by atoms with Gasteiger partial charge in [-0.1, -0.05) is 34.8 Å². The molecule has 5 nitrogen and oxygen atoms in total. The Bertz CT molecular complexity index is 662. The van der Waals surface area contributed by atoms with E-state index in [1.807, 2.05) is 0 Å². The predicted octanol–water partition coefficient (Wildman–Crippen LogP) is 2.88. The second kappa shape index (κ2) is 5.69. The molecule has 1 N–H and O–H groups in total. The van der Waals surface area contributed by atoms with E-state index in [4.69, 9.17) is 39.9 Å². The van der Waals surface area contributed by atoms with E-state index < -0.39 is 22.0 Å². The van der Waals surface area contributed by atoms with Crippen LogP contribution in [-0.4, -0.2) is 36.4 Å². The van der Waals surface area contributed by atoms with Gasteiger partial charge in [-0.15, -0.1) is 0 Å². The van der Waals surface area contributed by atoms with Crippen LogP contribution in [0.1, 0.15) is 12.8 Å². The Morgan fingerprint density at radius 2 is 1.80 bits per heavy atom. The summed E-state index contributed by atoms with van der Waals surface area (Å²) in [5, 5.41) is 9.16. The van der Waals surface area contributed by atoms with Gasteiger partial charge in [0.2, 0.25) is 10.0 Å². The second-order valence-electron chi connectivity index (χ2n) is 4.31. The molecule has 110 valence electrons. The van der Waals surface area contributed by atoms with Crippen molar-refractivity contribution in [3.8, 4) is 0 Å². The van der Waals surface area contributed by atoms with E-state index in [1.54, 1.807) is 0 Å². The van der Waals surface area contributed by atoms with Crippen LogP contribution in [0.2, 0.25) is 15.1 Å². The summed E-state index contributed by atoms with van der Waals surface area (Å²) in [6, 6.07) is 1.29. The molecular formula is C11H10Cl3NO4S. The highest BCUT2D eigenvalue weighted by molar-refractivity contribution is 7.89. The van der Waals surface area contributed by atoms with Gasteiger partial charge in [0.25, 0.3) is 0 Å². The first kappa shape index (κ1) is 15.9. The van der Waals surface area contributed by atoms with Crippen molar-refractivity contribution in [3.63, 3.8) is 0 Å². The third-order valence-corrected chi connectivity index (χ3v) is 6.15. The van der Waals surface area contributed by atoms with Gasteiger partial charge >= 0.3 is 5.97 Å². The highest BCUT2D eigenvalue weighted by atomic mass is 35.5. The molecule has 0 bridgehead atoms. The van der Waals surface area contributed by atoms with Crippen molar-refractivity contribution in [2.75, 3.05) is 6.54 Å². The monoisotopic (exact) mass is 357 g/mol. The molecule has 0 spiro atoms. The third-order valence-electron chi connectivity index (χ3n) is 3.05. The Morgan fingerprint density at radius 3 is 2.40 bits per heavy atom. The summed E-state index contributed by atoms with van der Waals surface area (Å²) in [7, 11) is -4.03. The third kappa shape index (κ3) is 2.76. The average molecular weight is 359 g/mol. The first-order valence-corrected chi connectivity index (χ1v) is 8.21. The van der Waals surface area contributed by atoms with Gasteiger partial charge in [-0.25, -0.2) is 8.42 Å². The number of carbonyl (C=O) groups is 1. The summed E-state index contributed by atoms with van der Waals surface area (Å²) < 4.78 is 26.0. The number of carboxylic acid groups (broad SMARTS) is 1. The normalized spacial score (nSPS) is 20.2. The van der Waals surface area contributed by atoms with Crippen LogP contribution >= 0.6 is 34.8 Å². The van der Waals surface area contributed by atoms with Crippen LogP contribution in [0.4, 0.5) is 0 Å². The molecule has 1 atom stereocenters. The molecule has 1 aliphatic heterocycles. The molecule has 0 aliphatic carbocycles. The van der Waals surface area contributed by atoms with Crippen molar-refractivity contribution in [1.29, 1.82) is 0 Å². The van der Waals surface area contributed by atoms with E-state index >= 15 is 0 Å². The number of nitrogens with zero attached hydrogens (tertiary/aromatic N) is 1. The average Bonchev–Trinajstić information content (AvgIpc) is 2.83. The summed E-state index contributed by atoms with van der Waals surface area (Å²) >= 11 is 17.5. The van der Waals surface area contributed by atoms with Crippen LogP contribution in [0.25, 0.3) is 0 Å². The van der Waals surface area contributed by atoms with Gasteiger partial charge in [-0.3, -0.25) is 4.79 Å². The van der Waals surface area contributed by atoms with Crippen LogP contribution < -0.4 is 0 Å². The number of halogens is 3. The molecule has 1 saturated heterocycles. The zero-order chi connectivity index (χ0) is 15.1. The summed E-state index contributed by atoms with van der Waals surface area (Å²) in [5.74, 6) is -1.18. The minimum Gasteiger partial charge on any atom is -0.480 e. The fraction of sp³-hybridized carbons (Fsp3) is 0.364. The smallest absolute Gasteiger partial charge is 0.322 e. The van der Waals surface area contributed by atoms with Crippen LogP contribution in [0, 0.1) is 0 Å². The Kier molecular flexibility index (Phi) is 4.51. The molecule has 1 heterocycles. The minimum atomic E-state index is -4.03. The molecule has 0 amide bonds. The van der Waals surface area contributed by atoms with Gasteiger partial charge in [0.1, 0.15) is 10.9 Å². The van der Waals surface area contributed by atoms with Crippen molar-refractivity contribution in [2.45, 2.75) is 23.8 Å². The lowest BCUT2D eigenvalue weighted by molar-refractivity contribution is -0.140. The maximum atomic E-state index is 12.5. The van der Waals surface area contributed by atoms with Crippen LogP contribution in [0.15, 0.2) is 17.0 Å². The fourth-order valence-corrected chi connectivity index (χ4v) is 4.73. The Morgan fingerprint density at radius 1 is 1.20 bits per heavy atom. The Balaban J connectivity index is 2.50. The number of hydrogen-bond donors (Lipinski definition) is 1. The topological polar surface area (TPSA) is 74.7 Å². The lowest BCUT2D eigenvalue weighted by Gasteiger charge is -2.21. The lowest BCUT2D eigenvalue weighted by Crippen LogP contribution is -2.40. The molecule has 0 radical (unpaired) electrons. The number of sulfonamides is 1. The summed E-state index contributed by atoms with van der Waals surface area (Å²) in [6.07, 6.45) is 0.753. The van der Waals surface area contributed by atoms with Crippen molar-refractivity contribution in [2.24, 2.45) is 0 Å². The highest BCUT2D eigenvalue weighted by Crippen LogP contribution is 2.35. The van der Waals surface area contributed by atoms with Crippen LogP contribution in [0.5, 0.6) is 0 Å². The number of rotatable bonds is 3. The van der Waals surface area contributed by atoms with E-state index in [9.17, 15) is 13.2 Å². The quantitative estimate of drug-likeness (QED) is 0.843. The maximum Gasteiger partial charge on any atom is 0.322 e. The molecule has 2 rings (SSSR count). The fourth-order valence-electron chi connectivity index (χ4n) is 2.10. The first-order chi connectivity index (χ1) is 9.25. The van der Waals surface area contributed by atoms with E-state index in [0.29, 0.717) is 6.42 Å². The van der Waals surface area contributed by atoms with Crippen molar-refractivity contribution in [3.05, 3.63) is 27.2 Å². The maximum absolute atomic E-state index is 12.5. The summed E-state index contributed by atoms with van der Waals surface area (Å²) in [5.41, 5.74) is 0. The zero-order valence-corrected chi connectivity index (χ0v) is 13.1. The van der Waals surface area contributed by atoms with Crippen molar-refractivity contribution in [1.82, 2.24) is 4.31 Å². The number of aliphatic carboxylic acids is 1. The molecule has 1 aliphatic rings. The van der Waals surface area contributed by atoms with E-state index in [2.05, 4.69) is 0 Å². The molecule has 1 fully saturated rings. The summed E-state index contributed by atoms with van der Waals surface area (Å²) in [4.78, 5) is 10.9. The molecule has 1 aromatic rings. The van der Waals surface area contributed by atoms with E-state index in [-0.39, 0.29) is 32.9 Å². The number of hydrogen-bond acceptors (Lipinski definition) is 3. The zero-order valence-electron chi connectivity index (χ0n) is 10.0. The number of carboxylic acids is 1. The molecular weight excluding hydrogens is 349 g/mol. The van der Waals surface area contributed by atoms with Gasteiger partial charge in [0, 0.05) is 6.54 Å². The van der Waals surface area contributed by atoms with Crippen molar-refractivity contribution >= 4 is 50.8 Å². The minimum absolute atomic E-state index is 0.0423. The predicted molar refractivity (Wildman–Crippen MR) is 76.0 cm³/mol. The molecule has 1 aromatic carbocycles. The highest BCUT2D eigenvalue weighted by Gasteiger charge is 2.40. The molecule has 9 heteroatoms. The van der Waals surface area contributed by atoms with Crippen LogP contribution in [0.3, 0.4) is 0 Å².